The van der Waals surface area contributed by atoms with E-state index in [9.17, 15) is 0 Å². The van der Waals surface area contributed by atoms with Gasteiger partial charge >= 0.3 is 0 Å². The summed E-state index contributed by atoms with van der Waals surface area (Å²) in [5.74, 6) is 0.935. The maximum Gasteiger partial charge on any atom is 0.165 e. The number of rotatable bonds is 6. The summed E-state index contributed by atoms with van der Waals surface area (Å²) in [7, 11) is 0. The standard InChI is InChI=1S/C14H22N6OS/c1-3-4-5-20-13(16-17-18-20)9-19-6-7-21-12(8-19)14-15-11(2)10-22-14/h10,12H,3-9H2,1-2H3. The number of unbranched alkanes of at least 4 members (excludes halogenated alkanes) is 1. The number of tetrazole rings is 1. The summed E-state index contributed by atoms with van der Waals surface area (Å²) in [4.78, 5) is 6.89. The first-order chi connectivity index (χ1) is 10.8. The second-order valence-corrected chi connectivity index (χ2v) is 6.48. The Morgan fingerprint density at radius 3 is 3.14 bits per heavy atom. The van der Waals surface area contributed by atoms with E-state index in [1.165, 1.54) is 0 Å². The highest BCUT2D eigenvalue weighted by Gasteiger charge is 2.25. The van der Waals surface area contributed by atoms with Crippen LogP contribution in [0.2, 0.25) is 0 Å². The van der Waals surface area contributed by atoms with Crippen molar-refractivity contribution in [1.29, 1.82) is 0 Å². The predicted octanol–water partition coefficient (Wildman–Crippen LogP) is 1.81. The molecule has 2 aromatic heterocycles. The second kappa shape index (κ2) is 7.26. The summed E-state index contributed by atoms with van der Waals surface area (Å²) in [6.07, 6.45) is 2.30. The fraction of sp³-hybridized carbons (Fsp3) is 0.714. The Bertz CT molecular complexity index is 598. The van der Waals surface area contributed by atoms with Gasteiger partial charge in [0.05, 0.1) is 13.2 Å². The molecule has 0 aromatic carbocycles. The topological polar surface area (TPSA) is 69.0 Å². The molecule has 120 valence electrons. The third-order valence-electron chi connectivity index (χ3n) is 3.76. The zero-order valence-electron chi connectivity index (χ0n) is 13.1. The maximum atomic E-state index is 5.87. The van der Waals surface area contributed by atoms with Gasteiger partial charge in [0.2, 0.25) is 0 Å². The summed E-state index contributed by atoms with van der Waals surface area (Å²) < 4.78 is 7.79. The van der Waals surface area contributed by atoms with Crippen molar-refractivity contribution in [3.63, 3.8) is 0 Å². The molecular weight excluding hydrogens is 300 g/mol. The average molecular weight is 322 g/mol. The zero-order valence-corrected chi connectivity index (χ0v) is 13.9. The number of ether oxygens (including phenoxy) is 1. The number of thiazole rings is 1. The highest BCUT2D eigenvalue weighted by molar-refractivity contribution is 7.09. The lowest BCUT2D eigenvalue weighted by Crippen LogP contribution is -2.38. The molecular formula is C14H22N6OS. The molecule has 0 bridgehead atoms. The van der Waals surface area contributed by atoms with Crippen molar-refractivity contribution in [3.8, 4) is 0 Å². The summed E-state index contributed by atoms with van der Waals surface area (Å²) in [5, 5.41) is 15.2. The third-order valence-corrected chi connectivity index (χ3v) is 4.81. The zero-order chi connectivity index (χ0) is 15.4. The van der Waals surface area contributed by atoms with Crippen molar-refractivity contribution < 1.29 is 4.74 Å². The number of aryl methyl sites for hydroxylation is 2. The van der Waals surface area contributed by atoms with Gasteiger partial charge in [-0.2, -0.15) is 0 Å². The molecule has 0 radical (unpaired) electrons. The van der Waals surface area contributed by atoms with Crippen LogP contribution in [0.1, 0.15) is 42.4 Å². The van der Waals surface area contributed by atoms with E-state index in [0.29, 0.717) is 0 Å². The van der Waals surface area contributed by atoms with Gasteiger partial charge in [0.15, 0.2) is 5.82 Å². The summed E-state index contributed by atoms with van der Waals surface area (Å²) >= 11 is 1.67. The lowest BCUT2D eigenvalue weighted by atomic mass is 10.2. The fourth-order valence-electron chi connectivity index (χ4n) is 2.53. The van der Waals surface area contributed by atoms with Gasteiger partial charge in [0.1, 0.15) is 11.1 Å². The number of nitrogens with zero attached hydrogens (tertiary/aromatic N) is 6. The molecule has 0 amide bonds. The van der Waals surface area contributed by atoms with E-state index in [4.69, 9.17) is 4.74 Å². The van der Waals surface area contributed by atoms with Crippen LogP contribution < -0.4 is 0 Å². The van der Waals surface area contributed by atoms with Gasteiger partial charge < -0.3 is 4.74 Å². The molecule has 7 nitrogen and oxygen atoms in total. The first-order valence-electron chi connectivity index (χ1n) is 7.77. The molecule has 1 aliphatic rings. The van der Waals surface area contributed by atoms with Gasteiger partial charge in [0, 0.05) is 30.7 Å². The number of aromatic nitrogens is 5. The lowest BCUT2D eigenvalue weighted by molar-refractivity contribution is -0.0341. The Balaban J connectivity index is 1.62. The number of morpholine rings is 1. The van der Waals surface area contributed by atoms with Gasteiger partial charge in [-0.25, -0.2) is 9.67 Å². The highest BCUT2D eigenvalue weighted by Crippen LogP contribution is 2.25. The van der Waals surface area contributed by atoms with Crippen molar-refractivity contribution in [2.75, 3.05) is 19.7 Å². The van der Waals surface area contributed by atoms with Crippen molar-refractivity contribution in [2.45, 2.75) is 45.9 Å². The Labute approximate surface area is 134 Å². The fourth-order valence-corrected chi connectivity index (χ4v) is 3.37. The van der Waals surface area contributed by atoms with Crippen molar-refractivity contribution in [3.05, 3.63) is 21.9 Å². The minimum absolute atomic E-state index is 0.0624. The molecule has 1 atom stereocenters. The molecule has 8 heteroatoms. The molecule has 0 N–H and O–H groups in total. The van der Waals surface area contributed by atoms with E-state index in [1.54, 1.807) is 11.3 Å². The first kappa shape index (κ1) is 15.5. The Hall–Kier alpha value is -1.38. The van der Waals surface area contributed by atoms with E-state index >= 15 is 0 Å². The Kier molecular flexibility index (Phi) is 5.12. The number of hydrogen-bond acceptors (Lipinski definition) is 7. The molecule has 1 unspecified atom stereocenters. The molecule has 0 aliphatic carbocycles. The predicted molar refractivity (Wildman–Crippen MR) is 83.5 cm³/mol. The van der Waals surface area contributed by atoms with Gasteiger partial charge in [-0.1, -0.05) is 13.3 Å². The largest absolute Gasteiger partial charge is 0.368 e. The van der Waals surface area contributed by atoms with Crippen molar-refractivity contribution >= 4 is 11.3 Å². The highest BCUT2D eigenvalue weighted by atomic mass is 32.1. The van der Waals surface area contributed by atoms with E-state index in [1.807, 2.05) is 11.6 Å². The number of hydrogen-bond donors (Lipinski definition) is 0. The van der Waals surface area contributed by atoms with Crippen LogP contribution in [-0.2, 0) is 17.8 Å². The molecule has 0 spiro atoms. The van der Waals surface area contributed by atoms with Gasteiger partial charge in [0.25, 0.3) is 0 Å². The van der Waals surface area contributed by atoms with Crippen LogP contribution in [-0.4, -0.2) is 49.8 Å². The average Bonchev–Trinajstić information content (AvgIpc) is 3.15. The quantitative estimate of drug-likeness (QED) is 0.808. The Morgan fingerprint density at radius 1 is 1.45 bits per heavy atom. The summed E-state index contributed by atoms with van der Waals surface area (Å²) in [6.45, 7) is 8.31. The van der Waals surface area contributed by atoms with E-state index < -0.39 is 0 Å². The van der Waals surface area contributed by atoms with Crippen molar-refractivity contribution in [2.24, 2.45) is 0 Å². The van der Waals surface area contributed by atoms with Crippen LogP contribution in [0.4, 0.5) is 0 Å². The van der Waals surface area contributed by atoms with E-state index in [2.05, 4.69) is 37.7 Å². The first-order valence-corrected chi connectivity index (χ1v) is 8.65. The van der Waals surface area contributed by atoms with Crippen LogP contribution in [0.25, 0.3) is 0 Å². The molecule has 3 heterocycles. The molecule has 1 fully saturated rings. The van der Waals surface area contributed by atoms with Crippen LogP contribution in [0.5, 0.6) is 0 Å². The molecule has 2 aromatic rings. The van der Waals surface area contributed by atoms with Crippen LogP contribution >= 0.6 is 11.3 Å². The Morgan fingerprint density at radius 2 is 2.36 bits per heavy atom. The molecule has 0 saturated carbocycles. The minimum Gasteiger partial charge on any atom is -0.368 e. The minimum atomic E-state index is 0.0624. The van der Waals surface area contributed by atoms with Crippen LogP contribution in [0.15, 0.2) is 5.38 Å². The van der Waals surface area contributed by atoms with Gasteiger partial charge in [-0.3, -0.25) is 4.90 Å². The van der Waals surface area contributed by atoms with Crippen molar-refractivity contribution in [1.82, 2.24) is 30.1 Å². The normalized spacial score (nSPS) is 19.6. The van der Waals surface area contributed by atoms with E-state index in [-0.39, 0.29) is 6.10 Å². The molecule has 22 heavy (non-hydrogen) atoms. The van der Waals surface area contributed by atoms with Crippen LogP contribution in [0, 0.1) is 6.92 Å². The van der Waals surface area contributed by atoms with Crippen LogP contribution in [0.3, 0.4) is 0 Å². The lowest BCUT2D eigenvalue weighted by Gasteiger charge is -2.31. The smallest absolute Gasteiger partial charge is 0.165 e. The SMILES string of the molecule is CCCCn1nnnc1CN1CCOC(c2nc(C)cs2)C1. The molecule has 1 aliphatic heterocycles. The maximum absolute atomic E-state index is 5.87. The monoisotopic (exact) mass is 322 g/mol. The molecule has 1 saturated heterocycles. The van der Waals surface area contributed by atoms with E-state index in [0.717, 1.165) is 62.2 Å². The summed E-state index contributed by atoms with van der Waals surface area (Å²) in [5.41, 5.74) is 1.06. The second-order valence-electron chi connectivity index (χ2n) is 5.59. The third kappa shape index (κ3) is 3.68. The van der Waals surface area contributed by atoms with Gasteiger partial charge in [-0.05, 0) is 23.8 Å². The van der Waals surface area contributed by atoms with Gasteiger partial charge in [-0.15, -0.1) is 16.4 Å². The molecule has 3 rings (SSSR count). The summed E-state index contributed by atoms with van der Waals surface area (Å²) in [6, 6.07) is 0.